The Hall–Kier alpha value is -3.18. The van der Waals surface area contributed by atoms with Gasteiger partial charge in [-0.2, -0.15) is 15.0 Å². The molecule has 96 valence electrons. The summed E-state index contributed by atoms with van der Waals surface area (Å²) in [5.41, 5.74) is 14.6. The molecule has 1 rings (SSSR count). The molecule has 1 heterocycles. The Morgan fingerprint density at radius 1 is 0.667 bits per heavy atom. The predicted octanol–water partition coefficient (Wildman–Crippen LogP) is -1.66. The van der Waals surface area contributed by atoms with Crippen molar-refractivity contribution >= 4 is 35.9 Å². The van der Waals surface area contributed by atoms with Gasteiger partial charge in [-0.1, -0.05) is 0 Å². The number of amides is 6. The van der Waals surface area contributed by atoms with Crippen LogP contribution in [-0.4, -0.2) is 33.0 Å². The van der Waals surface area contributed by atoms with E-state index in [0.717, 1.165) is 0 Å². The summed E-state index contributed by atoms with van der Waals surface area (Å²) in [4.78, 5) is 42.6. The van der Waals surface area contributed by atoms with Crippen LogP contribution in [0, 0.1) is 0 Å². The van der Waals surface area contributed by atoms with Crippen LogP contribution in [0.5, 0.6) is 0 Å². The van der Waals surface area contributed by atoms with Crippen LogP contribution in [0.1, 0.15) is 0 Å². The van der Waals surface area contributed by atoms with Gasteiger partial charge in [-0.25, -0.2) is 14.4 Å². The quantitative estimate of drug-likeness (QED) is 0.372. The Kier molecular flexibility index (Phi) is 3.75. The number of nitrogens with one attached hydrogen (secondary N) is 3. The maximum atomic E-state index is 10.6. The molecule has 0 atom stereocenters. The molecule has 0 spiro atoms. The molecular formula is C6H9N9O3. The summed E-state index contributed by atoms with van der Waals surface area (Å²) in [6.07, 6.45) is 0. The average molecular weight is 255 g/mol. The highest BCUT2D eigenvalue weighted by atomic mass is 16.2. The fourth-order valence-electron chi connectivity index (χ4n) is 0.874. The van der Waals surface area contributed by atoms with E-state index in [2.05, 4.69) is 15.0 Å². The number of hydrogen-bond acceptors (Lipinski definition) is 6. The lowest BCUT2D eigenvalue weighted by molar-refractivity contribution is 0.258. The van der Waals surface area contributed by atoms with E-state index in [4.69, 9.17) is 17.2 Å². The van der Waals surface area contributed by atoms with E-state index in [0.29, 0.717) is 0 Å². The average Bonchev–Trinajstić information content (AvgIpc) is 2.12. The molecule has 0 radical (unpaired) electrons. The Morgan fingerprint density at radius 3 is 1.06 bits per heavy atom. The van der Waals surface area contributed by atoms with Crippen LogP contribution >= 0.6 is 0 Å². The van der Waals surface area contributed by atoms with Crippen LogP contribution in [0.4, 0.5) is 32.2 Å². The zero-order chi connectivity index (χ0) is 13.7. The molecule has 1 aromatic heterocycles. The number of anilines is 3. The summed E-state index contributed by atoms with van der Waals surface area (Å²) in [5, 5.41) is 6.07. The molecule has 1 aromatic rings. The molecule has 9 N–H and O–H groups in total. The molecule has 0 saturated heterocycles. The predicted molar refractivity (Wildman–Crippen MR) is 59.4 cm³/mol. The van der Waals surface area contributed by atoms with Crippen molar-refractivity contribution in [1.82, 2.24) is 15.0 Å². The minimum atomic E-state index is -0.948. The number of carbonyl (C=O) groups is 3. The standard InChI is InChI=1S/C6H9N9O3/c7-1(16)10-4-13-5(11-2(8)17)15-6(14-4)12-3(9)18/h(H9,7,8,9,10,11,12,13,14,15,16,17,18). The van der Waals surface area contributed by atoms with Gasteiger partial charge >= 0.3 is 18.1 Å². The molecule has 6 amide bonds. The second-order valence-corrected chi connectivity index (χ2v) is 2.77. The second-order valence-electron chi connectivity index (χ2n) is 2.77. The third-order valence-electron chi connectivity index (χ3n) is 1.34. The summed E-state index contributed by atoms with van der Waals surface area (Å²) in [6, 6.07) is -2.84. The van der Waals surface area contributed by atoms with E-state index in [-0.39, 0.29) is 17.8 Å². The maximum absolute atomic E-state index is 10.6. The normalized spacial score (nSPS) is 9.33. The van der Waals surface area contributed by atoms with E-state index >= 15 is 0 Å². The van der Waals surface area contributed by atoms with Gasteiger partial charge in [-0.05, 0) is 0 Å². The van der Waals surface area contributed by atoms with Gasteiger partial charge in [0, 0.05) is 0 Å². The smallest absolute Gasteiger partial charge is 0.319 e. The lowest BCUT2D eigenvalue weighted by Crippen LogP contribution is -2.26. The molecule has 12 heteroatoms. The van der Waals surface area contributed by atoms with Crippen molar-refractivity contribution in [2.45, 2.75) is 0 Å². The SMILES string of the molecule is NC(=O)Nc1nc(NC(N)=O)nc(NC(N)=O)n1. The molecule has 0 unspecified atom stereocenters. The van der Waals surface area contributed by atoms with Crippen molar-refractivity contribution in [1.29, 1.82) is 0 Å². The number of carbonyl (C=O) groups excluding carboxylic acids is 3. The topological polar surface area (TPSA) is 204 Å². The minimum absolute atomic E-state index is 0.301. The van der Waals surface area contributed by atoms with Crippen LogP contribution in [0.3, 0.4) is 0 Å². The second kappa shape index (κ2) is 5.24. The number of rotatable bonds is 3. The first-order valence-electron chi connectivity index (χ1n) is 4.32. The summed E-state index contributed by atoms with van der Waals surface area (Å²) < 4.78 is 0. The van der Waals surface area contributed by atoms with E-state index in [9.17, 15) is 14.4 Å². The van der Waals surface area contributed by atoms with Crippen molar-refractivity contribution in [3.05, 3.63) is 0 Å². The van der Waals surface area contributed by atoms with Crippen LogP contribution in [0.15, 0.2) is 0 Å². The molecule has 18 heavy (non-hydrogen) atoms. The summed E-state index contributed by atoms with van der Waals surface area (Å²) >= 11 is 0. The highest BCUT2D eigenvalue weighted by Crippen LogP contribution is 2.08. The molecule has 0 aliphatic heterocycles. The zero-order valence-corrected chi connectivity index (χ0v) is 8.80. The van der Waals surface area contributed by atoms with Crippen molar-refractivity contribution in [2.24, 2.45) is 17.2 Å². The molecule has 12 nitrogen and oxygen atoms in total. The third-order valence-corrected chi connectivity index (χ3v) is 1.34. The summed E-state index contributed by atoms with van der Waals surface area (Å²) in [7, 11) is 0. The summed E-state index contributed by atoms with van der Waals surface area (Å²) in [6.45, 7) is 0. The number of aromatic nitrogens is 3. The highest BCUT2D eigenvalue weighted by Gasteiger charge is 2.10. The van der Waals surface area contributed by atoms with E-state index < -0.39 is 18.1 Å². The first-order chi connectivity index (χ1) is 8.36. The van der Waals surface area contributed by atoms with Crippen LogP contribution < -0.4 is 33.2 Å². The number of nitrogens with zero attached hydrogens (tertiary/aromatic N) is 3. The van der Waals surface area contributed by atoms with Crippen molar-refractivity contribution in [2.75, 3.05) is 16.0 Å². The van der Waals surface area contributed by atoms with Gasteiger partial charge in [-0.3, -0.25) is 16.0 Å². The minimum Gasteiger partial charge on any atom is -0.351 e. The van der Waals surface area contributed by atoms with Gasteiger partial charge in [0.25, 0.3) is 0 Å². The first-order valence-corrected chi connectivity index (χ1v) is 4.32. The van der Waals surface area contributed by atoms with Gasteiger partial charge in [0.2, 0.25) is 17.8 Å². The lowest BCUT2D eigenvalue weighted by atomic mass is 10.7. The molecule has 0 aliphatic carbocycles. The molecule has 0 bridgehead atoms. The lowest BCUT2D eigenvalue weighted by Gasteiger charge is -2.06. The monoisotopic (exact) mass is 255 g/mol. The van der Waals surface area contributed by atoms with Crippen molar-refractivity contribution in [3.8, 4) is 0 Å². The van der Waals surface area contributed by atoms with E-state index in [1.807, 2.05) is 16.0 Å². The van der Waals surface area contributed by atoms with Crippen LogP contribution in [0.25, 0.3) is 0 Å². The van der Waals surface area contributed by atoms with Crippen molar-refractivity contribution < 1.29 is 14.4 Å². The van der Waals surface area contributed by atoms with Crippen molar-refractivity contribution in [3.63, 3.8) is 0 Å². The largest absolute Gasteiger partial charge is 0.351 e. The van der Waals surface area contributed by atoms with E-state index in [1.165, 1.54) is 0 Å². The van der Waals surface area contributed by atoms with Gasteiger partial charge in [0.05, 0.1) is 0 Å². The molecule has 0 aromatic carbocycles. The first kappa shape index (κ1) is 12.9. The Morgan fingerprint density at radius 2 is 0.889 bits per heavy atom. The Bertz CT molecular complexity index is 417. The number of hydrogen-bond donors (Lipinski definition) is 6. The molecule has 0 aliphatic rings. The Labute approximate surface area is 99.3 Å². The number of primary amides is 3. The highest BCUT2D eigenvalue weighted by molar-refractivity contribution is 5.89. The van der Waals surface area contributed by atoms with Crippen LogP contribution in [0.2, 0.25) is 0 Å². The maximum Gasteiger partial charge on any atom is 0.319 e. The fourth-order valence-corrected chi connectivity index (χ4v) is 0.874. The molecular weight excluding hydrogens is 246 g/mol. The Balaban J connectivity index is 3.06. The molecule has 0 saturated carbocycles. The number of urea groups is 3. The fraction of sp³-hybridized carbons (Fsp3) is 0. The number of nitrogens with two attached hydrogens (primary N) is 3. The molecule has 0 fully saturated rings. The van der Waals surface area contributed by atoms with Gasteiger partial charge in [-0.15, -0.1) is 0 Å². The van der Waals surface area contributed by atoms with Gasteiger partial charge < -0.3 is 17.2 Å². The van der Waals surface area contributed by atoms with Gasteiger partial charge in [0.1, 0.15) is 0 Å². The van der Waals surface area contributed by atoms with Gasteiger partial charge in [0.15, 0.2) is 0 Å². The third kappa shape index (κ3) is 4.13. The van der Waals surface area contributed by atoms with E-state index in [1.54, 1.807) is 0 Å². The summed E-state index contributed by atoms with van der Waals surface area (Å²) in [5.74, 6) is -0.903. The van der Waals surface area contributed by atoms with Crippen LogP contribution in [-0.2, 0) is 0 Å². The zero-order valence-electron chi connectivity index (χ0n) is 8.80.